The van der Waals surface area contributed by atoms with Crippen molar-refractivity contribution in [3.05, 3.63) is 45.2 Å². The van der Waals surface area contributed by atoms with E-state index in [-0.39, 0.29) is 41.6 Å². The molecule has 5 atom stereocenters. The van der Waals surface area contributed by atoms with E-state index in [4.69, 9.17) is 9.47 Å². The van der Waals surface area contributed by atoms with Crippen LogP contribution in [0.4, 0.5) is 22.0 Å². The molecule has 12 nitrogen and oxygen atoms in total. The van der Waals surface area contributed by atoms with Crippen molar-refractivity contribution in [1.82, 2.24) is 20.1 Å². The molecule has 0 spiro atoms. The molecule has 18 heteroatoms. The number of nitrogens with zero attached hydrogens (tertiary/aromatic N) is 3. The molecule has 60 heavy (non-hydrogen) atoms. The number of unbranched alkanes of at least 4 members (excludes halogenated alkanes) is 3. The van der Waals surface area contributed by atoms with Gasteiger partial charge in [0.25, 0.3) is 0 Å². The quantitative estimate of drug-likeness (QED) is 0.0345. The van der Waals surface area contributed by atoms with Gasteiger partial charge in [0.15, 0.2) is 11.8 Å². The van der Waals surface area contributed by atoms with Crippen molar-refractivity contribution >= 4 is 41.1 Å². The van der Waals surface area contributed by atoms with Gasteiger partial charge in [-0.1, -0.05) is 66.7 Å². The zero-order valence-corrected chi connectivity index (χ0v) is 36.7. The smallest absolute Gasteiger partial charge is 0.363 e. The lowest BCUT2D eigenvalue weighted by atomic mass is 9.91. The maximum absolute atomic E-state index is 14.9. The number of piperidine rings is 1. The predicted molar refractivity (Wildman–Crippen MR) is 213 cm³/mol. The summed E-state index contributed by atoms with van der Waals surface area (Å²) < 4.78 is 85.6. The molecular formula is C42H59F5N4O8S. The molecule has 0 bridgehead atoms. The standard InChI is InChI=1S/C42H59F5N4O8S/c1-10-12-13-15-19-51(40(55)36(24(5)11-2)49-38(54)27-17-14-16-18-50(27)21-30(53)59-42(7,8)9)28(23(3)4)20-29(57-25(6)52)39-48-26(22-60-39)41(56)58-37-34(46)32(44)31(43)33(45)35(37)47/h22-24,27-29,36H,10-21H2,1-9H3,(H,49,54)/t24-,27+,28+,29+,36-/m0/s1. The summed E-state index contributed by atoms with van der Waals surface area (Å²) in [5.74, 6) is -17.5. The number of benzene rings is 1. The number of halogens is 5. The first-order chi connectivity index (χ1) is 28.1. The van der Waals surface area contributed by atoms with Gasteiger partial charge in [-0.05, 0) is 58.4 Å². The minimum Gasteiger partial charge on any atom is -0.459 e. The van der Waals surface area contributed by atoms with E-state index >= 15 is 0 Å². The van der Waals surface area contributed by atoms with Crippen LogP contribution in [0.25, 0.3) is 0 Å². The Morgan fingerprint density at radius 2 is 1.58 bits per heavy atom. The summed E-state index contributed by atoms with van der Waals surface area (Å²) in [6, 6.07) is -2.26. The highest BCUT2D eigenvalue weighted by Crippen LogP contribution is 2.34. The Balaban J connectivity index is 1.96. The first-order valence-corrected chi connectivity index (χ1v) is 21.4. The number of likely N-dealkylation sites (tertiary alicyclic amines) is 1. The summed E-state index contributed by atoms with van der Waals surface area (Å²) in [5.41, 5.74) is -1.27. The second-order valence-corrected chi connectivity index (χ2v) is 17.4. The third kappa shape index (κ3) is 13.7. The molecule has 2 amide bonds. The van der Waals surface area contributed by atoms with E-state index in [1.807, 2.05) is 27.7 Å². The zero-order chi connectivity index (χ0) is 45.1. The summed E-state index contributed by atoms with van der Waals surface area (Å²) >= 11 is 0.817. The molecule has 0 saturated carbocycles. The fourth-order valence-electron chi connectivity index (χ4n) is 7.00. The monoisotopic (exact) mass is 874 g/mol. The van der Waals surface area contributed by atoms with Crippen LogP contribution in [-0.2, 0) is 28.7 Å². The van der Waals surface area contributed by atoms with Gasteiger partial charge in [-0.2, -0.15) is 8.78 Å². The summed E-state index contributed by atoms with van der Waals surface area (Å²) in [6.45, 7) is 16.8. The Hall–Kier alpha value is -4.19. The molecule has 2 heterocycles. The first kappa shape index (κ1) is 50.2. The van der Waals surface area contributed by atoms with Gasteiger partial charge in [-0.3, -0.25) is 24.1 Å². The maximum Gasteiger partial charge on any atom is 0.363 e. The van der Waals surface area contributed by atoms with Gasteiger partial charge in [0.1, 0.15) is 16.7 Å². The van der Waals surface area contributed by atoms with Crippen molar-refractivity contribution in [2.45, 2.75) is 150 Å². The summed E-state index contributed by atoms with van der Waals surface area (Å²) in [4.78, 5) is 74.8. The first-order valence-electron chi connectivity index (χ1n) is 20.5. The van der Waals surface area contributed by atoms with E-state index in [1.165, 1.54) is 0 Å². The van der Waals surface area contributed by atoms with Gasteiger partial charge in [-0.15, -0.1) is 11.3 Å². The van der Waals surface area contributed by atoms with E-state index in [1.54, 1.807) is 30.6 Å². The van der Waals surface area contributed by atoms with Crippen LogP contribution < -0.4 is 10.1 Å². The van der Waals surface area contributed by atoms with Gasteiger partial charge in [-0.25, -0.2) is 22.9 Å². The Labute approximate surface area is 352 Å². The number of aromatic nitrogens is 1. The van der Waals surface area contributed by atoms with Gasteiger partial charge in [0.05, 0.1) is 12.6 Å². The molecule has 1 aliphatic heterocycles. The topological polar surface area (TPSA) is 144 Å². The highest BCUT2D eigenvalue weighted by Gasteiger charge is 2.40. The molecule has 1 aromatic carbocycles. The van der Waals surface area contributed by atoms with Crippen molar-refractivity contribution in [2.75, 3.05) is 19.6 Å². The number of amides is 2. The maximum atomic E-state index is 14.9. The second kappa shape index (κ2) is 22.6. The number of esters is 3. The number of thiazole rings is 1. The number of nitrogens with one attached hydrogen (secondary N) is 1. The van der Waals surface area contributed by atoms with Crippen LogP contribution in [0.2, 0.25) is 0 Å². The summed E-state index contributed by atoms with van der Waals surface area (Å²) in [6.07, 6.45) is 4.66. The minimum atomic E-state index is -2.42. The average molecular weight is 875 g/mol. The molecule has 3 rings (SSSR count). The number of ether oxygens (including phenoxy) is 3. The molecule has 1 aromatic heterocycles. The normalized spacial score (nSPS) is 16.8. The lowest BCUT2D eigenvalue weighted by molar-refractivity contribution is -0.158. The average Bonchev–Trinajstić information content (AvgIpc) is 3.68. The third-order valence-corrected chi connectivity index (χ3v) is 11.2. The number of hydrogen-bond donors (Lipinski definition) is 1. The number of carbonyl (C=O) groups is 5. The fraction of sp³-hybridized carbons (Fsp3) is 0.667. The van der Waals surface area contributed by atoms with Crippen LogP contribution >= 0.6 is 11.3 Å². The lowest BCUT2D eigenvalue weighted by Crippen LogP contribution is -2.59. The minimum absolute atomic E-state index is 0.0239. The van der Waals surface area contributed by atoms with Gasteiger partial charge < -0.3 is 24.4 Å². The largest absolute Gasteiger partial charge is 0.459 e. The lowest BCUT2D eigenvalue weighted by Gasteiger charge is -2.40. The van der Waals surface area contributed by atoms with Gasteiger partial charge in [0, 0.05) is 31.3 Å². The van der Waals surface area contributed by atoms with Crippen LogP contribution in [-0.4, -0.2) is 87.9 Å². The van der Waals surface area contributed by atoms with E-state index in [9.17, 15) is 45.9 Å². The van der Waals surface area contributed by atoms with Crippen molar-refractivity contribution < 1.29 is 60.1 Å². The van der Waals surface area contributed by atoms with Crippen molar-refractivity contribution in [3.8, 4) is 5.75 Å². The van der Waals surface area contributed by atoms with Crippen molar-refractivity contribution in [1.29, 1.82) is 0 Å². The van der Waals surface area contributed by atoms with Crippen LogP contribution in [0.3, 0.4) is 0 Å². The highest BCUT2D eigenvalue weighted by atomic mass is 32.1. The number of rotatable bonds is 20. The molecular weight excluding hydrogens is 816 g/mol. The Bertz CT molecular complexity index is 1790. The third-order valence-electron chi connectivity index (χ3n) is 10.3. The molecule has 336 valence electrons. The number of hydrogen-bond acceptors (Lipinski definition) is 11. The Kier molecular flexibility index (Phi) is 18.9. The zero-order valence-electron chi connectivity index (χ0n) is 35.9. The van der Waals surface area contributed by atoms with Crippen LogP contribution in [0.15, 0.2) is 5.38 Å². The molecule has 1 fully saturated rings. The van der Waals surface area contributed by atoms with E-state index in [0.717, 1.165) is 55.7 Å². The Morgan fingerprint density at radius 3 is 2.15 bits per heavy atom. The van der Waals surface area contributed by atoms with E-state index in [0.29, 0.717) is 32.4 Å². The molecule has 1 saturated heterocycles. The van der Waals surface area contributed by atoms with Crippen molar-refractivity contribution in [3.63, 3.8) is 0 Å². The number of carbonyl (C=O) groups excluding carboxylic acids is 5. The molecule has 0 radical (unpaired) electrons. The van der Waals surface area contributed by atoms with E-state index < -0.39 is 88.3 Å². The highest BCUT2D eigenvalue weighted by molar-refractivity contribution is 7.09. The van der Waals surface area contributed by atoms with Crippen LogP contribution in [0, 0.1) is 40.9 Å². The molecule has 1 aliphatic rings. The predicted octanol–water partition coefficient (Wildman–Crippen LogP) is 8.21. The van der Waals surface area contributed by atoms with Gasteiger partial charge >= 0.3 is 17.9 Å². The SMILES string of the molecule is CCCCCCN(C(=O)[C@@H](NC(=O)[C@H]1CCCCN1CC(=O)OC(C)(C)C)[C@@H](C)CC)[C@H](C[C@@H](OC(C)=O)c1nc(C(=O)Oc2c(F)c(F)c(F)c(F)c2F)cs1)C(C)C. The second-order valence-electron chi connectivity index (χ2n) is 16.5. The van der Waals surface area contributed by atoms with E-state index in [2.05, 4.69) is 22.0 Å². The molecule has 2 aromatic rings. The molecule has 1 N–H and O–H groups in total. The van der Waals surface area contributed by atoms with Gasteiger partial charge in [0.2, 0.25) is 46.6 Å². The van der Waals surface area contributed by atoms with Crippen LogP contribution in [0.1, 0.15) is 142 Å². The van der Waals surface area contributed by atoms with Crippen molar-refractivity contribution in [2.24, 2.45) is 11.8 Å². The molecule has 0 unspecified atom stereocenters. The summed E-state index contributed by atoms with van der Waals surface area (Å²) in [5, 5.41) is 4.19. The Morgan fingerprint density at radius 1 is 0.950 bits per heavy atom. The fourth-order valence-corrected chi connectivity index (χ4v) is 7.83. The summed E-state index contributed by atoms with van der Waals surface area (Å²) in [7, 11) is 0. The molecule has 0 aliphatic carbocycles. The van der Waals surface area contributed by atoms with Crippen LogP contribution in [0.5, 0.6) is 5.75 Å².